The molecule has 1 aliphatic carbocycles. The standard InChI is InChI=1S/C25H46O4/c1-4-5-6-7-9-12-18-28-24(26)22-16-14-17-23(20-22)25(27)29-19-13-10-8-11-15-21(2)3/h21-23H,4-20H2,1-3H3. The number of unbranched alkanes of at least 4 members (excludes halogenated alkanes) is 8. The van der Waals surface area contributed by atoms with E-state index in [1.165, 1.54) is 44.9 Å². The van der Waals surface area contributed by atoms with Crippen molar-refractivity contribution in [3.63, 3.8) is 0 Å². The van der Waals surface area contributed by atoms with E-state index in [0.29, 0.717) is 19.6 Å². The summed E-state index contributed by atoms with van der Waals surface area (Å²) in [5.74, 6) is 0.292. The minimum Gasteiger partial charge on any atom is -0.465 e. The van der Waals surface area contributed by atoms with Gasteiger partial charge in [-0.25, -0.2) is 0 Å². The second-order valence-corrected chi connectivity index (χ2v) is 9.26. The summed E-state index contributed by atoms with van der Waals surface area (Å²) < 4.78 is 11.0. The van der Waals surface area contributed by atoms with Crippen LogP contribution in [0.3, 0.4) is 0 Å². The molecule has 1 fully saturated rings. The van der Waals surface area contributed by atoms with E-state index >= 15 is 0 Å². The van der Waals surface area contributed by atoms with Crippen LogP contribution in [0, 0.1) is 17.8 Å². The average Bonchev–Trinajstić information content (AvgIpc) is 2.72. The summed E-state index contributed by atoms with van der Waals surface area (Å²) in [5.41, 5.74) is 0. The Kier molecular flexibility index (Phi) is 15.0. The molecule has 0 bridgehead atoms. The highest BCUT2D eigenvalue weighted by molar-refractivity contribution is 5.76. The molecule has 4 nitrogen and oxygen atoms in total. The van der Waals surface area contributed by atoms with Crippen LogP contribution in [0.2, 0.25) is 0 Å². The molecular weight excluding hydrogens is 364 g/mol. The van der Waals surface area contributed by atoms with Gasteiger partial charge >= 0.3 is 11.9 Å². The van der Waals surface area contributed by atoms with Crippen LogP contribution in [0.4, 0.5) is 0 Å². The van der Waals surface area contributed by atoms with Crippen molar-refractivity contribution in [2.45, 2.75) is 117 Å². The number of esters is 2. The van der Waals surface area contributed by atoms with E-state index in [-0.39, 0.29) is 23.8 Å². The van der Waals surface area contributed by atoms with Gasteiger partial charge in [0.05, 0.1) is 25.0 Å². The molecule has 1 rings (SSSR count). The van der Waals surface area contributed by atoms with Crippen LogP contribution >= 0.6 is 0 Å². The Bertz CT molecular complexity index is 433. The molecule has 0 spiro atoms. The first-order chi connectivity index (χ1) is 14.0. The van der Waals surface area contributed by atoms with Crippen molar-refractivity contribution in [1.29, 1.82) is 0 Å². The lowest BCUT2D eigenvalue weighted by atomic mass is 9.81. The van der Waals surface area contributed by atoms with E-state index in [0.717, 1.165) is 50.9 Å². The molecule has 0 aromatic heterocycles. The quantitative estimate of drug-likeness (QED) is 0.206. The first-order valence-electron chi connectivity index (χ1n) is 12.4. The Labute approximate surface area is 179 Å². The van der Waals surface area contributed by atoms with Crippen molar-refractivity contribution in [3.8, 4) is 0 Å². The maximum Gasteiger partial charge on any atom is 0.308 e. The van der Waals surface area contributed by atoms with Crippen molar-refractivity contribution in [2.24, 2.45) is 17.8 Å². The van der Waals surface area contributed by atoms with Gasteiger partial charge in [0, 0.05) is 0 Å². The van der Waals surface area contributed by atoms with Crippen LogP contribution in [-0.4, -0.2) is 25.2 Å². The van der Waals surface area contributed by atoms with Gasteiger partial charge < -0.3 is 9.47 Å². The third kappa shape index (κ3) is 13.0. The second-order valence-electron chi connectivity index (χ2n) is 9.26. The number of carbonyl (C=O) groups excluding carboxylic acids is 2. The smallest absolute Gasteiger partial charge is 0.308 e. The van der Waals surface area contributed by atoms with Crippen molar-refractivity contribution in [2.75, 3.05) is 13.2 Å². The lowest BCUT2D eigenvalue weighted by molar-refractivity contribution is -0.155. The number of hydrogen-bond donors (Lipinski definition) is 0. The van der Waals surface area contributed by atoms with Crippen LogP contribution < -0.4 is 0 Å². The van der Waals surface area contributed by atoms with Crippen molar-refractivity contribution < 1.29 is 19.1 Å². The predicted octanol–water partition coefficient (Wildman–Crippen LogP) is 6.85. The zero-order valence-electron chi connectivity index (χ0n) is 19.4. The van der Waals surface area contributed by atoms with Crippen molar-refractivity contribution >= 4 is 11.9 Å². The fourth-order valence-corrected chi connectivity index (χ4v) is 4.09. The largest absolute Gasteiger partial charge is 0.465 e. The van der Waals surface area contributed by atoms with Gasteiger partial charge in [-0.05, 0) is 38.0 Å². The number of rotatable bonds is 16. The third-order valence-corrected chi connectivity index (χ3v) is 6.00. The molecule has 0 heterocycles. The summed E-state index contributed by atoms with van der Waals surface area (Å²) in [6.45, 7) is 7.76. The molecular formula is C25H46O4. The molecule has 1 aliphatic rings. The lowest BCUT2D eigenvalue weighted by Gasteiger charge is -2.26. The van der Waals surface area contributed by atoms with E-state index < -0.39 is 0 Å². The molecule has 1 saturated carbocycles. The van der Waals surface area contributed by atoms with Crippen molar-refractivity contribution in [1.82, 2.24) is 0 Å². The van der Waals surface area contributed by atoms with E-state index in [1.54, 1.807) is 0 Å². The molecule has 0 aromatic carbocycles. The maximum absolute atomic E-state index is 12.4. The molecule has 0 aromatic rings. The summed E-state index contributed by atoms with van der Waals surface area (Å²) in [6.07, 6.45) is 16.1. The van der Waals surface area contributed by atoms with Gasteiger partial charge in [0.1, 0.15) is 0 Å². The Balaban J connectivity index is 2.12. The second kappa shape index (κ2) is 16.7. The van der Waals surface area contributed by atoms with Crippen LogP contribution in [0.25, 0.3) is 0 Å². The average molecular weight is 411 g/mol. The lowest BCUT2D eigenvalue weighted by Crippen LogP contribution is -2.30. The summed E-state index contributed by atoms with van der Waals surface area (Å²) in [7, 11) is 0. The third-order valence-electron chi connectivity index (χ3n) is 6.00. The molecule has 2 unspecified atom stereocenters. The van der Waals surface area contributed by atoms with E-state index in [9.17, 15) is 9.59 Å². The highest BCUT2D eigenvalue weighted by Crippen LogP contribution is 2.31. The van der Waals surface area contributed by atoms with Gasteiger partial charge in [-0.1, -0.05) is 85.0 Å². The Hall–Kier alpha value is -1.06. The molecule has 0 radical (unpaired) electrons. The fourth-order valence-electron chi connectivity index (χ4n) is 4.09. The number of hydrogen-bond acceptors (Lipinski definition) is 4. The highest BCUT2D eigenvalue weighted by Gasteiger charge is 2.32. The SMILES string of the molecule is CCCCCCCCOC(=O)C1CCCC(C(=O)OCCCCCCC(C)C)C1. The monoisotopic (exact) mass is 410 g/mol. The highest BCUT2D eigenvalue weighted by atomic mass is 16.5. The van der Waals surface area contributed by atoms with Gasteiger partial charge in [-0.2, -0.15) is 0 Å². The zero-order valence-corrected chi connectivity index (χ0v) is 19.4. The first kappa shape index (κ1) is 26.0. The topological polar surface area (TPSA) is 52.6 Å². The molecule has 0 aliphatic heterocycles. The van der Waals surface area contributed by atoms with Crippen LogP contribution in [0.1, 0.15) is 117 Å². The van der Waals surface area contributed by atoms with Gasteiger partial charge in [0.15, 0.2) is 0 Å². The molecule has 170 valence electrons. The Morgan fingerprint density at radius 2 is 1.24 bits per heavy atom. The Morgan fingerprint density at radius 3 is 1.76 bits per heavy atom. The Morgan fingerprint density at radius 1 is 0.759 bits per heavy atom. The minimum atomic E-state index is -0.128. The predicted molar refractivity (Wildman–Crippen MR) is 119 cm³/mol. The van der Waals surface area contributed by atoms with Gasteiger partial charge in [-0.3, -0.25) is 9.59 Å². The summed E-state index contributed by atoms with van der Waals surface area (Å²) in [6, 6.07) is 0. The molecule has 0 saturated heterocycles. The van der Waals surface area contributed by atoms with Crippen LogP contribution in [0.15, 0.2) is 0 Å². The van der Waals surface area contributed by atoms with E-state index in [2.05, 4.69) is 20.8 Å². The number of carbonyl (C=O) groups is 2. The summed E-state index contributed by atoms with van der Waals surface area (Å²) in [5, 5.41) is 0. The van der Waals surface area contributed by atoms with Crippen LogP contribution in [0.5, 0.6) is 0 Å². The molecule has 2 atom stereocenters. The van der Waals surface area contributed by atoms with Gasteiger partial charge in [-0.15, -0.1) is 0 Å². The summed E-state index contributed by atoms with van der Waals surface area (Å²) in [4.78, 5) is 24.7. The normalized spacial score (nSPS) is 19.3. The van der Waals surface area contributed by atoms with Gasteiger partial charge in [0.25, 0.3) is 0 Å². The molecule has 0 N–H and O–H groups in total. The zero-order chi connectivity index (χ0) is 21.3. The molecule has 29 heavy (non-hydrogen) atoms. The number of ether oxygens (including phenoxy) is 2. The van der Waals surface area contributed by atoms with E-state index in [1.807, 2.05) is 0 Å². The van der Waals surface area contributed by atoms with Crippen LogP contribution in [-0.2, 0) is 19.1 Å². The van der Waals surface area contributed by atoms with Crippen molar-refractivity contribution in [3.05, 3.63) is 0 Å². The minimum absolute atomic E-state index is 0.110. The molecule has 0 amide bonds. The van der Waals surface area contributed by atoms with Gasteiger partial charge in [0.2, 0.25) is 0 Å². The fraction of sp³-hybridized carbons (Fsp3) is 0.920. The summed E-state index contributed by atoms with van der Waals surface area (Å²) >= 11 is 0. The first-order valence-corrected chi connectivity index (χ1v) is 12.4. The maximum atomic E-state index is 12.4. The molecule has 4 heteroatoms. The van der Waals surface area contributed by atoms with E-state index in [4.69, 9.17) is 9.47 Å².